The standard InChI is InChI=1S/C68H51N/c1-67(2)65-31-15-14-30-63(65)64-43-42-62(47-66(64)67)69(60-40-36-50(37-41-60)55-33-32-48-18-12-13-19-51(48)45-55)61-29-17-22-54(46-61)53-21-16-20-52(44-53)49-34-38-59(39-35-49)68(56-23-6-3-7-24-56,57-25-8-4-9-26-57)58-27-10-5-11-28-58/h3-47H,1-2H3. The molecule has 0 aliphatic heterocycles. The lowest BCUT2D eigenvalue weighted by atomic mass is 9.65. The zero-order valence-corrected chi connectivity index (χ0v) is 38.9. The molecule has 0 bridgehead atoms. The van der Waals surface area contributed by atoms with Crippen molar-refractivity contribution in [3.05, 3.63) is 306 Å². The first kappa shape index (κ1) is 41.9. The van der Waals surface area contributed by atoms with E-state index in [2.05, 4.69) is 292 Å². The van der Waals surface area contributed by atoms with E-state index in [4.69, 9.17) is 0 Å². The van der Waals surface area contributed by atoms with E-state index in [-0.39, 0.29) is 5.41 Å². The van der Waals surface area contributed by atoms with Crippen molar-refractivity contribution >= 4 is 27.8 Å². The highest BCUT2D eigenvalue weighted by atomic mass is 15.1. The largest absolute Gasteiger partial charge is 0.310 e. The average Bonchev–Trinajstić information content (AvgIpc) is 3.65. The lowest BCUT2D eigenvalue weighted by molar-refractivity contribution is 0.660. The molecule has 11 aromatic rings. The fourth-order valence-electron chi connectivity index (χ4n) is 11.1. The van der Waals surface area contributed by atoms with E-state index in [9.17, 15) is 0 Å². The molecular weight excluding hydrogens is 831 g/mol. The van der Waals surface area contributed by atoms with Gasteiger partial charge in [0.25, 0.3) is 0 Å². The Morgan fingerprint density at radius 1 is 0.275 bits per heavy atom. The molecule has 0 saturated carbocycles. The summed E-state index contributed by atoms with van der Waals surface area (Å²) in [4.78, 5) is 2.42. The zero-order chi connectivity index (χ0) is 46.4. The Kier molecular flexibility index (Phi) is 10.5. The van der Waals surface area contributed by atoms with Crippen LogP contribution in [0.2, 0.25) is 0 Å². The van der Waals surface area contributed by atoms with Gasteiger partial charge >= 0.3 is 0 Å². The van der Waals surface area contributed by atoms with E-state index < -0.39 is 5.41 Å². The van der Waals surface area contributed by atoms with E-state index >= 15 is 0 Å². The number of nitrogens with zero attached hydrogens (tertiary/aromatic N) is 1. The normalized spacial score (nSPS) is 12.6. The molecule has 0 saturated heterocycles. The second kappa shape index (κ2) is 17.3. The van der Waals surface area contributed by atoms with E-state index in [0.29, 0.717) is 0 Å². The molecule has 1 aliphatic rings. The first-order valence-corrected chi connectivity index (χ1v) is 24.1. The van der Waals surface area contributed by atoms with Crippen molar-refractivity contribution in [1.82, 2.24) is 0 Å². The quantitative estimate of drug-likeness (QED) is 0.124. The Balaban J connectivity index is 0.926. The SMILES string of the molecule is CC1(C)c2ccccc2-c2ccc(N(c3ccc(-c4ccc5ccccc5c4)cc3)c3cccc(-c4cccc(-c5ccc(C(c6ccccc6)(c6ccccc6)c6ccccc6)cc5)c4)c3)cc21. The van der Waals surface area contributed by atoms with E-state index in [1.807, 2.05) is 0 Å². The van der Waals surface area contributed by atoms with Gasteiger partial charge in [-0.05, 0) is 137 Å². The molecule has 12 rings (SSSR count). The van der Waals surface area contributed by atoms with Gasteiger partial charge in [0.05, 0.1) is 5.41 Å². The van der Waals surface area contributed by atoms with Crippen LogP contribution in [-0.4, -0.2) is 0 Å². The van der Waals surface area contributed by atoms with E-state index in [0.717, 1.165) is 22.6 Å². The molecule has 0 radical (unpaired) electrons. The minimum atomic E-state index is -0.494. The van der Waals surface area contributed by atoms with Crippen LogP contribution in [0.4, 0.5) is 17.1 Å². The van der Waals surface area contributed by atoms with Crippen molar-refractivity contribution in [2.24, 2.45) is 0 Å². The number of hydrogen-bond acceptors (Lipinski definition) is 1. The minimum absolute atomic E-state index is 0.125. The number of benzene rings is 11. The van der Waals surface area contributed by atoms with Crippen molar-refractivity contribution < 1.29 is 0 Å². The van der Waals surface area contributed by atoms with Gasteiger partial charge in [-0.3, -0.25) is 0 Å². The summed E-state index contributed by atoms with van der Waals surface area (Å²) in [5.41, 5.74) is 20.1. The third-order valence-electron chi connectivity index (χ3n) is 14.6. The first-order chi connectivity index (χ1) is 33.9. The molecule has 1 aliphatic carbocycles. The summed E-state index contributed by atoms with van der Waals surface area (Å²) in [6.45, 7) is 4.72. The van der Waals surface area contributed by atoms with Gasteiger partial charge < -0.3 is 4.90 Å². The third kappa shape index (κ3) is 7.35. The summed E-state index contributed by atoms with van der Waals surface area (Å²) in [6.07, 6.45) is 0. The number of fused-ring (bicyclic) bond motifs is 4. The molecule has 0 aromatic heterocycles. The van der Waals surface area contributed by atoms with Gasteiger partial charge in [0.2, 0.25) is 0 Å². The van der Waals surface area contributed by atoms with Crippen LogP contribution in [0.5, 0.6) is 0 Å². The van der Waals surface area contributed by atoms with Crippen molar-refractivity contribution in [1.29, 1.82) is 0 Å². The van der Waals surface area contributed by atoms with Crippen LogP contribution in [0, 0.1) is 0 Å². The second-order valence-electron chi connectivity index (χ2n) is 18.9. The van der Waals surface area contributed by atoms with Crippen molar-refractivity contribution in [3.63, 3.8) is 0 Å². The molecule has 1 heteroatoms. The first-order valence-electron chi connectivity index (χ1n) is 24.1. The molecule has 0 atom stereocenters. The van der Waals surface area contributed by atoms with Gasteiger partial charge in [-0.25, -0.2) is 0 Å². The fraction of sp³-hybridized carbons (Fsp3) is 0.0588. The number of rotatable bonds is 10. The molecule has 0 heterocycles. The molecule has 0 spiro atoms. The van der Waals surface area contributed by atoms with Crippen molar-refractivity contribution in [3.8, 4) is 44.5 Å². The van der Waals surface area contributed by atoms with Crippen LogP contribution in [0.15, 0.2) is 273 Å². The summed E-state index contributed by atoms with van der Waals surface area (Å²) < 4.78 is 0. The van der Waals surface area contributed by atoms with Gasteiger partial charge in [-0.2, -0.15) is 0 Å². The second-order valence-corrected chi connectivity index (χ2v) is 18.9. The summed E-state index contributed by atoms with van der Waals surface area (Å²) in [7, 11) is 0. The highest BCUT2D eigenvalue weighted by Gasteiger charge is 2.38. The van der Waals surface area contributed by atoms with Crippen molar-refractivity contribution in [2.45, 2.75) is 24.7 Å². The Bertz CT molecular complexity index is 3510. The Morgan fingerprint density at radius 3 is 1.38 bits per heavy atom. The monoisotopic (exact) mass is 881 g/mol. The van der Waals surface area contributed by atoms with Crippen LogP contribution >= 0.6 is 0 Å². The maximum atomic E-state index is 2.42. The molecule has 1 nitrogen and oxygen atoms in total. The molecule has 11 aromatic carbocycles. The van der Waals surface area contributed by atoms with Gasteiger partial charge in [-0.15, -0.1) is 0 Å². The molecular formula is C68H51N. The van der Waals surface area contributed by atoms with Gasteiger partial charge in [0.15, 0.2) is 0 Å². The summed E-state index contributed by atoms with van der Waals surface area (Å²) in [5.74, 6) is 0. The predicted octanol–water partition coefficient (Wildman–Crippen LogP) is 18.0. The maximum absolute atomic E-state index is 2.42. The van der Waals surface area contributed by atoms with Crippen molar-refractivity contribution in [2.75, 3.05) is 4.90 Å². The van der Waals surface area contributed by atoms with Crippen LogP contribution in [0.1, 0.15) is 47.2 Å². The molecule has 0 N–H and O–H groups in total. The van der Waals surface area contributed by atoms with Gasteiger partial charge in [0, 0.05) is 22.5 Å². The highest BCUT2D eigenvalue weighted by molar-refractivity contribution is 5.89. The molecule has 328 valence electrons. The number of hydrogen-bond donors (Lipinski definition) is 0. The predicted molar refractivity (Wildman–Crippen MR) is 291 cm³/mol. The molecule has 0 fully saturated rings. The highest BCUT2D eigenvalue weighted by Crippen LogP contribution is 2.51. The van der Waals surface area contributed by atoms with Crippen LogP contribution in [0.25, 0.3) is 55.3 Å². The number of anilines is 3. The Labute approximate surface area is 406 Å². The maximum Gasteiger partial charge on any atom is 0.0701 e. The summed E-state index contributed by atoms with van der Waals surface area (Å²) in [6, 6.07) is 100. The van der Waals surface area contributed by atoms with E-state index in [1.165, 1.54) is 83.1 Å². The van der Waals surface area contributed by atoms with E-state index in [1.54, 1.807) is 0 Å². The minimum Gasteiger partial charge on any atom is -0.310 e. The molecule has 0 amide bonds. The van der Waals surface area contributed by atoms with Gasteiger partial charge in [0.1, 0.15) is 0 Å². The van der Waals surface area contributed by atoms with Crippen LogP contribution in [0.3, 0.4) is 0 Å². The van der Waals surface area contributed by atoms with Crippen LogP contribution in [-0.2, 0) is 10.8 Å². The van der Waals surface area contributed by atoms with Gasteiger partial charge in [-0.1, -0.05) is 238 Å². The topological polar surface area (TPSA) is 3.24 Å². The Morgan fingerprint density at radius 2 is 0.725 bits per heavy atom. The van der Waals surface area contributed by atoms with Crippen LogP contribution < -0.4 is 4.90 Å². The fourth-order valence-corrected chi connectivity index (χ4v) is 11.1. The lowest BCUT2D eigenvalue weighted by Crippen LogP contribution is -2.30. The summed E-state index contributed by atoms with van der Waals surface area (Å²) >= 11 is 0. The lowest BCUT2D eigenvalue weighted by Gasteiger charge is -2.37. The molecule has 0 unspecified atom stereocenters. The zero-order valence-electron chi connectivity index (χ0n) is 38.9. The Hall–Kier alpha value is -8.52. The third-order valence-corrected chi connectivity index (χ3v) is 14.6. The average molecular weight is 882 g/mol. The molecule has 69 heavy (non-hydrogen) atoms. The summed E-state index contributed by atoms with van der Waals surface area (Å²) in [5, 5.41) is 2.50. The smallest absolute Gasteiger partial charge is 0.0701 e.